The van der Waals surface area contributed by atoms with E-state index in [1.807, 2.05) is 0 Å². The molecule has 9 heteroatoms. The third-order valence-corrected chi connectivity index (χ3v) is 5.55. The van der Waals surface area contributed by atoms with Crippen molar-refractivity contribution in [2.24, 2.45) is 0 Å². The monoisotopic (exact) mass is 361 g/mol. The number of sulfone groups is 1. The van der Waals surface area contributed by atoms with Gasteiger partial charge in [0.15, 0.2) is 0 Å². The predicted molar refractivity (Wildman–Crippen MR) is 80.5 cm³/mol. The second kappa shape index (κ2) is 6.84. The van der Waals surface area contributed by atoms with Crippen LogP contribution in [0.3, 0.4) is 0 Å². The fourth-order valence-electron chi connectivity index (χ4n) is 2.74. The standard InChI is InChI=1S/C15H17F2NO5S/c16-14(17)24(22,23)11-6-4-10(5-7-11)12(19)18-15(13(20)21)8-2-1-3-9-15/h4-7,14H,1-3,8-9H2,(H,18,19)(H,20,21). The lowest BCUT2D eigenvalue weighted by atomic mass is 9.81. The van der Waals surface area contributed by atoms with Crippen LogP contribution in [0, 0.1) is 0 Å². The van der Waals surface area contributed by atoms with Crippen LogP contribution in [0.1, 0.15) is 42.5 Å². The van der Waals surface area contributed by atoms with E-state index in [0.29, 0.717) is 25.7 Å². The topological polar surface area (TPSA) is 101 Å². The van der Waals surface area contributed by atoms with Crippen molar-refractivity contribution in [1.82, 2.24) is 5.32 Å². The fourth-order valence-corrected chi connectivity index (χ4v) is 3.46. The van der Waals surface area contributed by atoms with Crippen molar-refractivity contribution in [3.05, 3.63) is 29.8 Å². The maximum Gasteiger partial charge on any atom is 0.341 e. The molecular formula is C15H17F2NO5S. The molecule has 1 aliphatic rings. The van der Waals surface area contributed by atoms with Crippen LogP contribution in [-0.4, -0.2) is 36.7 Å². The van der Waals surface area contributed by atoms with Crippen LogP contribution >= 0.6 is 0 Å². The summed E-state index contributed by atoms with van der Waals surface area (Å²) >= 11 is 0. The third-order valence-electron chi connectivity index (χ3n) is 4.15. The minimum atomic E-state index is -4.73. The van der Waals surface area contributed by atoms with Gasteiger partial charge in [0.1, 0.15) is 5.54 Å². The lowest BCUT2D eigenvalue weighted by molar-refractivity contribution is -0.145. The molecule has 6 nitrogen and oxygen atoms in total. The molecule has 0 unspecified atom stereocenters. The number of benzene rings is 1. The SMILES string of the molecule is O=C(NC1(C(=O)O)CCCCC1)c1ccc(S(=O)(=O)C(F)F)cc1. The number of hydrogen-bond donors (Lipinski definition) is 2. The van der Waals surface area contributed by atoms with Crippen molar-refractivity contribution in [3.8, 4) is 0 Å². The Balaban J connectivity index is 2.20. The molecule has 1 fully saturated rings. The molecule has 0 atom stereocenters. The Morgan fingerprint density at radius 2 is 1.62 bits per heavy atom. The molecule has 1 aromatic rings. The van der Waals surface area contributed by atoms with Crippen LogP contribution in [0.2, 0.25) is 0 Å². The van der Waals surface area contributed by atoms with Crippen LogP contribution in [-0.2, 0) is 14.6 Å². The summed E-state index contributed by atoms with van der Waals surface area (Å²) in [6.45, 7) is 0. The molecule has 0 aliphatic heterocycles. The summed E-state index contributed by atoms with van der Waals surface area (Å²) in [5, 5.41) is 11.9. The van der Waals surface area contributed by atoms with Crippen LogP contribution in [0.5, 0.6) is 0 Å². The second-order valence-electron chi connectivity index (χ2n) is 5.73. The number of carboxylic acid groups (broad SMARTS) is 1. The van der Waals surface area contributed by atoms with Gasteiger partial charge in [0.05, 0.1) is 4.90 Å². The van der Waals surface area contributed by atoms with Gasteiger partial charge in [-0.25, -0.2) is 13.2 Å². The van der Waals surface area contributed by atoms with E-state index in [4.69, 9.17) is 0 Å². The molecule has 0 radical (unpaired) electrons. The third kappa shape index (κ3) is 3.55. The molecule has 1 aromatic carbocycles. The Morgan fingerprint density at radius 1 is 1.08 bits per heavy atom. The summed E-state index contributed by atoms with van der Waals surface area (Å²) < 4.78 is 47.6. The van der Waals surface area contributed by atoms with Gasteiger partial charge in [-0.05, 0) is 37.1 Å². The summed E-state index contributed by atoms with van der Waals surface area (Å²) in [5.41, 5.74) is -1.34. The van der Waals surface area contributed by atoms with Crippen molar-refractivity contribution in [2.45, 2.75) is 48.3 Å². The Kier molecular flexibility index (Phi) is 5.22. The van der Waals surface area contributed by atoms with E-state index in [-0.39, 0.29) is 5.56 Å². The van der Waals surface area contributed by atoms with E-state index in [2.05, 4.69) is 5.32 Å². The summed E-state index contributed by atoms with van der Waals surface area (Å²) in [4.78, 5) is 23.2. The molecule has 0 heterocycles. The van der Waals surface area contributed by atoms with E-state index in [9.17, 15) is 31.9 Å². The lowest BCUT2D eigenvalue weighted by Gasteiger charge is -2.34. The van der Waals surface area contributed by atoms with Crippen molar-refractivity contribution in [2.75, 3.05) is 0 Å². The smallest absolute Gasteiger partial charge is 0.341 e. The molecular weight excluding hydrogens is 344 g/mol. The number of aliphatic carboxylic acids is 1. The zero-order chi connectivity index (χ0) is 18.0. The summed E-state index contributed by atoms with van der Waals surface area (Å²) in [6, 6.07) is 3.99. The molecule has 132 valence electrons. The van der Waals surface area contributed by atoms with Gasteiger partial charge >= 0.3 is 11.7 Å². The zero-order valence-corrected chi connectivity index (χ0v) is 13.5. The molecule has 0 spiro atoms. The minimum absolute atomic E-state index is 0.00872. The van der Waals surface area contributed by atoms with E-state index < -0.39 is 37.9 Å². The van der Waals surface area contributed by atoms with E-state index >= 15 is 0 Å². The highest BCUT2D eigenvalue weighted by molar-refractivity contribution is 7.91. The maximum atomic E-state index is 12.5. The Morgan fingerprint density at radius 3 is 2.08 bits per heavy atom. The first-order valence-electron chi connectivity index (χ1n) is 7.37. The number of carbonyl (C=O) groups is 2. The molecule has 2 rings (SSSR count). The molecule has 0 bridgehead atoms. The molecule has 1 saturated carbocycles. The van der Waals surface area contributed by atoms with E-state index in [1.54, 1.807) is 0 Å². The Hall–Kier alpha value is -2.03. The van der Waals surface area contributed by atoms with Crippen molar-refractivity contribution >= 4 is 21.7 Å². The quantitative estimate of drug-likeness (QED) is 0.837. The number of amides is 1. The van der Waals surface area contributed by atoms with Gasteiger partial charge in [-0.2, -0.15) is 8.78 Å². The summed E-state index contributed by atoms with van der Waals surface area (Å²) in [7, 11) is -4.73. The molecule has 0 aromatic heterocycles. The van der Waals surface area contributed by atoms with Gasteiger partial charge in [-0.15, -0.1) is 0 Å². The second-order valence-corrected chi connectivity index (χ2v) is 7.65. The minimum Gasteiger partial charge on any atom is -0.480 e. The average Bonchev–Trinajstić information content (AvgIpc) is 2.55. The number of nitrogens with one attached hydrogen (secondary N) is 1. The first-order chi connectivity index (χ1) is 11.2. The van der Waals surface area contributed by atoms with Crippen LogP contribution in [0.15, 0.2) is 29.2 Å². The summed E-state index contributed by atoms with van der Waals surface area (Å²) in [6.07, 6.45) is 2.87. The first-order valence-corrected chi connectivity index (χ1v) is 8.92. The van der Waals surface area contributed by atoms with Gasteiger partial charge in [-0.3, -0.25) is 4.79 Å². The molecule has 1 aliphatic carbocycles. The fraction of sp³-hybridized carbons (Fsp3) is 0.467. The molecule has 2 N–H and O–H groups in total. The van der Waals surface area contributed by atoms with Gasteiger partial charge in [-0.1, -0.05) is 19.3 Å². The number of halogens is 2. The number of hydrogen-bond acceptors (Lipinski definition) is 4. The number of rotatable bonds is 5. The van der Waals surface area contributed by atoms with Crippen LogP contribution in [0.25, 0.3) is 0 Å². The Labute approximate surface area is 137 Å². The molecule has 1 amide bonds. The Bertz CT molecular complexity index is 725. The number of alkyl halides is 2. The lowest BCUT2D eigenvalue weighted by Crippen LogP contribution is -2.55. The van der Waals surface area contributed by atoms with Crippen molar-refractivity contribution < 1.29 is 31.9 Å². The number of carbonyl (C=O) groups excluding carboxylic acids is 1. The largest absolute Gasteiger partial charge is 0.480 e. The highest BCUT2D eigenvalue weighted by Gasteiger charge is 2.41. The van der Waals surface area contributed by atoms with Crippen LogP contribution in [0.4, 0.5) is 8.78 Å². The highest BCUT2D eigenvalue weighted by Crippen LogP contribution is 2.29. The maximum absolute atomic E-state index is 12.5. The van der Waals surface area contributed by atoms with Gasteiger partial charge in [0, 0.05) is 5.56 Å². The summed E-state index contributed by atoms with van der Waals surface area (Å²) in [5.74, 6) is -5.34. The molecule has 24 heavy (non-hydrogen) atoms. The highest BCUT2D eigenvalue weighted by atomic mass is 32.2. The van der Waals surface area contributed by atoms with Gasteiger partial charge < -0.3 is 10.4 Å². The van der Waals surface area contributed by atoms with E-state index in [0.717, 1.165) is 30.7 Å². The first kappa shape index (κ1) is 18.3. The van der Waals surface area contributed by atoms with Crippen LogP contribution < -0.4 is 5.32 Å². The van der Waals surface area contributed by atoms with Gasteiger partial charge in [0.25, 0.3) is 5.91 Å². The molecule has 0 saturated heterocycles. The number of carboxylic acids is 1. The predicted octanol–water partition coefficient (Wildman–Crippen LogP) is 2.20. The van der Waals surface area contributed by atoms with Crippen molar-refractivity contribution in [3.63, 3.8) is 0 Å². The zero-order valence-electron chi connectivity index (χ0n) is 12.7. The normalized spacial score (nSPS) is 17.5. The average molecular weight is 361 g/mol. The van der Waals surface area contributed by atoms with Crippen molar-refractivity contribution in [1.29, 1.82) is 0 Å². The van der Waals surface area contributed by atoms with Gasteiger partial charge in [0.2, 0.25) is 9.84 Å². The van der Waals surface area contributed by atoms with E-state index in [1.165, 1.54) is 0 Å².